The highest BCUT2D eigenvalue weighted by molar-refractivity contribution is 9.10. The van der Waals surface area contributed by atoms with E-state index in [0.29, 0.717) is 22.1 Å². The SMILES string of the molecule is CC1=C(C(=O)Nc2ccccc2)C(c2cc(Br)ccc2OC(C)C)NC(=S)N1. The monoisotopic (exact) mass is 459 g/mol. The molecular weight excluding hydrogens is 438 g/mol. The summed E-state index contributed by atoms with van der Waals surface area (Å²) in [5, 5.41) is 9.70. The van der Waals surface area contributed by atoms with Gasteiger partial charge in [0.1, 0.15) is 5.75 Å². The van der Waals surface area contributed by atoms with E-state index in [2.05, 4.69) is 31.9 Å². The van der Waals surface area contributed by atoms with Crippen molar-refractivity contribution in [1.29, 1.82) is 0 Å². The molecule has 0 radical (unpaired) electrons. The number of carbonyl (C=O) groups is 1. The van der Waals surface area contributed by atoms with Crippen molar-refractivity contribution in [3.63, 3.8) is 0 Å². The zero-order chi connectivity index (χ0) is 20.3. The fourth-order valence-electron chi connectivity index (χ4n) is 3.05. The summed E-state index contributed by atoms with van der Waals surface area (Å²) in [7, 11) is 0. The van der Waals surface area contributed by atoms with Gasteiger partial charge in [-0.15, -0.1) is 0 Å². The van der Waals surface area contributed by atoms with Crippen LogP contribution in [0.2, 0.25) is 0 Å². The molecule has 146 valence electrons. The molecule has 2 aromatic carbocycles. The summed E-state index contributed by atoms with van der Waals surface area (Å²) in [6, 6.07) is 14.7. The Kier molecular flexibility index (Phi) is 6.36. The van der Waals surface area contributed by atoms with E-state index in [-0.39, 0.29) is 12.0 Å². The smallest absolute Gasteiger partial charge is 0.255 e. The first-order valence-electron chi connectivity index (χ1n) is 8.96. The minimum absolute atomic E-state index is 0.000245. The molecule has 1 aliphatic rings. The van der Waals surface area contributed by atoms with E-state index < -0.39 is 6.04 Å². The third kappa shape index (κ3) is 4.72. The largest absolute Gasteiger partial charge is 0.491 e. The molecule has 0 saturated heterocycles. The molecule has 0 aromatic heterocycles. The van der Waals surface area contributed by atoms with Crippen molar-refractivity contribution >= 4 is 44.9 Å². The van der Waals surface area contributed by atoms with Crippen LogP contribution in [0.3, 0.4) is 0 Å². The van der Waals surface area contributed by atoms with E-state index >= 15 is 0 Å². The Morgan fingerprint density at radius 2 is 1.93 bits per heavy atom. The van der Waals surface area contributed by atoms with Gasteiger partial charge in [-0.05, 0) is 63.3 Å². The second kappa shape index (κ2) is 8.75. The number of thiocarbonyl (C=S) groups is 1. The number of amides is 1. The van der Waals surface area contributed by atoms with E-state index in [9.17, 15) is 4.79 Å². The third-order valence-electron chi connectivity index (χ3n) is 4.19. The lowest BCUT2D eigenvalue weighted by atomic mass is 9.94. The van der Waals surface area contributed by atoms with E-state index in [1.54, 1.807) is 0 Å². The Balaban J connectivity index is 2.03. The number of allylic oxidation sites excluding steroid dienone is 1. The number of hydrogen-bond acceptors (Lipinski definition) is 3. The van der Waals surface area contributed by atoms with Crippen LogP contribution in [-0.4, -0.2) is 17.1 Å². The molecule has 0 bridgehead atoms. The van der Waals surface area contributed by atoms with Gasteiger partial charge in [0, 0.05) is 21.4 Å². The maximum Gasteiger partial charge on any atom is 0.255 e. The molecule has 3 N–H and O–H groups in total. The second-order valence-corrected chi connectivity index (χ2v) is 8.06. The summed E-state index contributed by atoms with van der Waals surface area (Å²) < 4.78 is 6.89. The minimum Gasteiger partial charge on any atom is -0.491 e. The summed E-state index contributed by atoms with van der Waals surface area (Å²) >= 11 is 8.87. The van der Waals surface area contributed by atoms with Gasteiger partial charge in [0.15, 0.2) is 5.11 Å². The van der Waals surface area contributed by atoms with Gasteiger partial charge in [0.05, 0.1) is 17.7 Å². The lowest BCUT2D eigenvalue weighted by molar-refractivity contribution is -0.113. The molecule has 1 heterocycles. The van der Waals surface area contributed by atoms with Crippen molar-refractivity contribution in [3.05, 3.63) is 69.8 Å². The highest BCUT2D eigenvalue weighted by Gasteiger charge is 2.32. The van der Waals surface area contributed by atoms with Gasteiger partial charge >= 0.3 is 0 Å². The number of para-hydroxylation sites is 1. The number of hydrogen-bond donors (Lipinski definition) is 3. The van der Waals surface area contributed by atoms with Crippen molar-refractivity contribution in [1.82, 2.24) is 10.6 Å². The minimum atomic E-state index is -0.441. The van der Waals surface area contributed by atoms with Crippen molar-refractivity contribution in [2.75, 3.05) is 5.32 Å². The normalized spacial score (nSPS) is 16.5. The maximum absolute atomic E-state index is 13.1. The van der Waals surface area contributed by atoms with Crippen LogP contribution in [-0.2, 0) is 4.79 Å². The Labute approximate surface area is 178 Å². The van der Waals surface area contributed by atoms with E-state index in [4.69, 9.17) is 17.0 Å². The Hall–Kier alpha value is -2.38. The number of halogens is 1. The second-order valence-electron chi connectivity index (χ2n) is 6.74. The number of ether oxygens (including phenoxy) is 1. The molecule has 0 saturated carbocycles. The van der Waals surface area contributed by atoms with Gasteiger partial charge in [-0.25, -0.2) is 0 Å². The molecule has 5 nitrogen and oxygen atoms in total. The average Bonchev–Trinajstić information content (AvgIpc) is 2.63. The van der Waals surface area contributed by atoms with Crippen molar-refractivity contribution in [2.45, 2.75) is 32.9 Å². The molecule has 0 spiro atoms. The Morgan fingerprint density at radius 3 is 2.61 bits per heavy atom. The highest BCUT2D eigenvalue weighted by Crippen LogP contribution is 2.36. The first-order valence-corrected chi connectivity index (χ1v) is 10.2. The Bertz CT molecular complexity index is 929. The first kappa shape index (κ1) is 20.4. The van der Waals surface area contributed by atoms with E-state index in [0.717, 1.165) is 15.7 Å². The quantitative estimate of drug-likeness (QED) is 0.567. The van der Waals surface area contributed by atoms with Crippen LogP contribution < -0.4 is 20.7 Å². The molecule has 3 rings (SSSR count). The maximum atomic E-state index is 13.1. The summed E-state index contributed by atoms with van der Waals surface area (Å²) in [5.41, 5.74) is 2.83. The molecule has 1 unspecified atom stereocenters. The van der Waals surface area contributed by atoms with E-state index in [1.165, 1.54) is 0 Å². The van der Waals surface area contributed by atoms with Gasteiger partial charge in [0.25, 0.3) is 5.91 Å². The van der Waals surface area contributed by atoms with Crippen LogP contribution in [0.1, 0.15) is 32.4 Å². The van der Waals surface area contributed by atoms with Gasteiger partial charge in [-0.2, -0.15) is 0 Å². The number of anilines is 1. The predicted octanol–water partition coefficient (Wildman–Crippen LogP) is 4.67. The number of rotatable bonds is 5. The van der Waals surface area contributed by atoms with Crippen LogP contribution in [0.5, 0.6) is 5.75 Å². The van der Waals surface area contributed by atoms with E-state index in [1.807, 2.05) is 69.3 Å². The molecular formula is C21H22BrN3O2S. The summed E-state index contributed by atoms with van der Waals surface area (Å²) in [6.07, 6.45) is 0.000245. The van der Waals surface area contributed by atoms with Gasteiger partial charge < -0.3 is 20.7 Å². The standard InChI is InChI=1S/C21H22BrN3O2S/c1-12(2)27-17-10-9-14(22)11-16(17)19-18(13(3)23-21(28)25-19)20(26)24-15-7-5-4-6-8-15/h4-12,19H,1-3H3,(H,24,26)(H2,23,25,28). The molecule has 1 aliphatic heterocycles. The number of nitrogens with one attached hydrogen (secondary N) is 3. The highest BCUT2D eigenvalue weighted by atomic mass is 79.9. The average molecular weight is 460 g/mol. The third-order valence-corrected chi connectivity index (χ3v) is 4.90. The first-order chi connectivity index (χ1) is 13.3. The predicted molar refractivity (Wildman–Crippen MR) is 119 cm³/mol. The molecule has 2 aromatic rings. The molecule has 0 aliphatic carbocycles. The van der Waals surface area contributed by atoms with Gasteiger partial charge in [-0.1, -0.05) is 34.1 Å². The summed E-state index contributed by atoms with van der Waals surface area (Å²) in [5.74, 6) is 0.505. The fraction of sp³-hybridized carbons (Fsp3) is 0.238. The lowest BCUT2D eigenvalue weighted by Gasteiger charge is -2.31. The van der Waals surface area contributed by atoms with Crippen molar-refractivity contribution in [3.8, 4) is 5.75 Å². The van der Waals surface area contributed by atoms with Gasteiger partial charge in [0.2, 0.25) is 0 Å². The molecule has 0 fully saturated rings. The van der Waals surface area contributed by atoms with Crippen LogP contribution in [0, 0.1) is 0 Å². The Morgan fingerprint density at radius 1 is 1.21 bits per heavy atom. The van der Waals surface area contributed by atoms with Crippen LogP contribution in [0.4, 0.5) is 5.69 Å². The molecule has 1 amide bonds. The molecule has 7 heteroatoms. The number of carbonyl (C=O) groups excluding carboxylic acids is 1. The zero-order valence-corrected chi connectivity index (χ0v) is 18.3. The van der Waals surface area contributed by atoms with Crippen LogP contribution in [0.25, 0.3) is 0 Å². The lowest BCUT2D eigenvalue weighted by Crippen LogP contribution is -2.46. The molecule has 1 atom stereocenters. The summed E-state index contributed by atoms with van der Waals surface area (Å²) in [4.78, 5) is 13.1. The van der Waals surface area contributed by atoms with Gasteiger partial charge in [-0.3, -0.25) is 4.79 Å². The zero-order valence-electron chi connectivity index (χ0n) is 15.9. The van der Waals surface area contributed by atoms with Crippen LogP contribution in [0.15, 0.2) is 64.3 Å². The fourth-order valence-corrected chi connectivity index (χ4v) is 3.70. The topological polar surface area (TPSA) is 62.4 Å². The van der Waals surface area contributed by atoms with Crippen molar-refractivity contribution in [2.24, 2.45) is 0 Å². The summed E-state index contributed by atoms with van der Waals surface area (Å²) in [6.45, 7) is 5.79. The van der Waals surface area contributed by atoms with Crippen LogP contribution >= 0.6 is 28.1 Å². The number of benzene rings is 2. The van der Waals surface area contributed by atoms with Crippen molar-refractivity contribution < 1.29 is 9.53 Å². The molecule has 28 heavy (non-hydrogen) atoms.